The van der Waals surface area contributed by atoms with Gasteiger partial charge < -0.3 is 5.32 Å². The van der Waals surface area contributed by atoms with Crippen LogP contribution in [0.4, 0.5) is 5.13 Å². The topological polar surface area (TPSA) is 88.3 Å². The number of rotatable bonds is 6. The van der Waals surface area contributed by atoms with Crippen molar-refractivity contribution in [2.24, 2.45) is 5.14 Å². The molecule has 1 aromatic carbocycles. The number of aromatic nitrogens is 1. The van der Waals surface area contributed by atoms with Crippen LogP contribution >= 0.6 is 11.3 Å². The number of benzene rings is 1. The molecular weight excluding hydrogens is 356 g/mol. The van der Waals surface area contributed by atoms with E-state index in [0.29, 0.717) is 11.7 Å². The van der Waals surface area contributed by atoms with Crippen LogP contribution in [0.25, 0.3) is 0 Å². The maximum Gasteiger partial charge on any atom is 0.249 e. The van der Waals surface area contributed by atoms with Gasteiger partial charge in [-0.15, -0.1) is 0 Å². The molecule has 1 aliphatic heterocycles. The van der Waals surface area contributed by atoms with Crippen molar-refractivity contribution in [3.8, 4) is 0 Å². The van der Waals surface area contributed by atoms with Crippen LogP contribution in [0.1, 0.15) is 36.8 Å². The van der Waals surface area contributed by atoms with Crippen molar-refractivity contribution in [3.63, 3.8) is 0 Å². The number of nitrogens with one attached hydrogen (secondary N) is 1. The van der Waals surface area contributed by atoms with Crippen molar-refractivity contribution in [2.45, 2.75) is 43.0 Å². The maximum absolute atomic E-state index is 11.3. The molecule has 1 fully saturated rings. The highest BCUT2D eigenvalue weighted by Crippen LogP contribution is 2.23. The molecule has 3 rings (SSSR count). The van der Waals surface area contributed by atoms with Crippen LogP contribution in [0.3, 0.4) is 0 Å². The molecule has 0 unspecified atom stereocenters. The molecule has 0 amide bonds. The average molecular weight is 381 g/mol. The first-order chi connectivity index (χ1) is 12.0. The summed E-state index contributed by atoms with van der Waals surface area (Å²) in [5.74, 6) is 0. The monoisotopic (exact) mass is 380 g/mol. The highest BCUT2D eigenvalue weighted by molar-refractivity contribution is 7.91. The third-order valence-corrected chi connectivity index (χ3v) is 6.77. The molecule has 1 aromatic heterocycles. The second-order valence-electron chi connectivity index (χ2n) is 6.34. The predicted octanol–water partition coefficient (Wildman–Crippen LogP) is 2.78. The van der Waals surface area contributed by atoms with Crippen molar-refractivity contribution >= 4 is 26.5 Å². The third kappa shape index (κ3) is 5.24. The Hall–Kier alpha value is -1.48. The number of sulfonamides is 1. The van der Waals surface area contributed by atoms with Gasteiger partial charge in [0.05, 0.1) is 6.20 Å². The van der Waals surface area contributed by atoms with Gasteiger partial charge in [0.25, 0.3) is 0 Å². The number of thiazole rings is 1. The molecule has 1 saturated heterocycles. The fraction of sp³-hybridized carbons (Fsp3) is 0.471. The van der Waals surface area contributed by atoms with E-state index in [1.165, 1.54) is 43.0 Å². The third-order valence-electron chi connectivity index (χ3n) is 4.41. The molecule has 0 spiro atoms. The second kappa shape index (κ2) is 8.27. The molecule has 2 heterocycles. The van der Waals surface area contributed by atoms with E-state index < -0.39 is 10.0 Å². The molecule has 8 heteroatoms. The number of likely N-dealkylation sites (tertiary alicyclic amines) is 1. The van der Waals surface area contributed by atoms with Gasteiger partial charge >= 0.3 is 0 Å². The van der Waals surface area contributed by atoms with E-state index in [4.69, 9.17) is 5.14 Å². The summed E-state index contributed by atoms with van der Waals surface area (Å²) < 4.78 is 22.8. The zero-order valence-electron chi connectivity index (χ0n) is 14.1. The number of anilines is 1. The van der Waals surface area contributed by atoms with E-state index in [1.54, 1.807) is 0 Å². The van der Waals surface area contributed by atoms with Crippen molar-refractivity contribution in [2.75, 3.05) is 18.4 Å². The lowest BCUT2D eigenvalue weighted by Crippen LogP contribution is -2.24. The smallest absolute Gasteiger partial charge is 0.249 e. The molecule has 0 aliphatic carbocycles. The van der Waals surface area contributed by atoms with Crippen molar-refractivity contribution in [3.05, 3.63) is 41.6 Å². The first-order valence-corrected chi connectivity index (χ1v) is 10.9. The van der Waals surface area contributed by atoms with Crippen molar-refractivity contribution < 1.29 is 8.42 Å². The van der Waals surface area contributed by atoms with Gasteiger partial charge in [0, 0.05) is 13.1 Å². The minimum absolute atomic E-state index is 0.0767. The van der Waals surface area contributed by atoms with Gasteiger partial charge in [-0.25, -0.2) is 18.5 Å². The highest BCUT2D eigenvalue weighted by Gasteiger charge is 2.14. The summed E-state index contributed by atoms with van der Waals surface area (Å²) in [5, 5.41) is 8.90. The summed E-state index contributed by atoms with van der Waals surface area (Å²) in [7, 11) is -3.69. The summed E-state index contributed by atoms with van der Waals surface area (Å²) in [4.78, 5) is 6.62. The quantitative estimate of drug-likeness (QED) is 0.804. The minimum Gasteiger partial charge on any atom is -0.357 e. The van der Waals surface area contributed by atoms with E-state index in [9.17, 15) is 8.42 Å². The fourth-order valence-electron chi connectivity index (χ4n) is 3.06. The van der Waals surface area contributed by atoms with Crippen LogP contribution in [-0.2, 0) is 23.1 Å². The zero-order valence-corrected chi connectivity index (χ0v) is 15.8. The molecule has 6 nitrogen and oxygen atoms in total. The Labute approximate surface area is 153 Å². The summed E-state index contributed by atoms with van der Waals surface area (Å²) in [5.41, 5.74) is 2.51. The Bertz CT molecular complexity index is 796. The highest BCUT2D eigenvalue weighted by atomic mass is 32.2. The summed E-state index contributed by atoms with van der Waals surface area (Å²) in [6.45, 7) is 3.89. The number of hydrogen-bond acceptors (Lipinski definition) is 6. The Morgan fingerprint density at radius 2 is 1.80 bits per heavy atom. The summed E-state index contributed by atoms with van der Waals surface area (Å²) in [6, 6.07) is 8.37. The Balaban J connectivity index is 1.65. The fourth-order valence-corrected chi connectivity index (χ4v) is 4.51. The molecule has 2 aromatic rings. The Morgan fingerprint density at radius 3 is 2.44 bits per heavy atom. The van der Waals surface area contributed by atoms with Crippen LogP contribution in [-0.4, -0.2) is 31.4 Å². The molecule has 25 heavy (non-hydrogen) atoms. The average Bonchev–Trinajstić information content (AvgIpc) is 2.92. The van der Waals surface area contributed by atoms with Crippen molar-refractivity contribution in [1.29, 1.82) is 0 Å². The van der Waals surface area contributed by atoms with Crippen LogP contribution in [0.2, 0.25) is 0 Å². The lowest BCUT2D eigenvalue weighted by Gasteiger charge is -2.21. The van der Waals surface area contributed by atoms with E-state index >= 15 is 0 Å². The zero-order chi connectivity index (χ0) is 17.7. The largest absolute Gasteiger partial charge is 0.357 e. The standard InChI is InChI=1S/C17H24N4O2S2/c18-25(22,23)16-12-20-17(24-16)19-11-14-7-3-4-8-15(14)13-21-9-5-1-2-6-10-21/h3-4,7-8,12H,1-2,5-6,9-11,13H2,(H,19,20)(H2,18,22,23). The number of nitrogens with two attached hydrogens (primary N) is 1. The van der Waals surface area contributed by atoms with E-state index in [2.05, 4.69) is 33.4 Å². The second-order valence-corrected chi connectivity index (χ2v) is 9.16. The molecule has 0 bridgehead atoms. The number of nitrogens with zero attached hydrogens (tertiary/aromatic N) is 2. The molecule has 1 aliphatic rings. The van der Waals surface area contributed by atoms with Gasteiger partial charge in [0.1, 0.15) is 0 Å². The van der Waals surface area contributed by atoms with Crippen LogP contribution in [0, 0.1) is 0 Å². The van der Waals surface area contributed by atoms with Crippen molar-refractivity contribution in [1.82, 2.24) is 9.88 Å². The van der Waals surface area contributed by atoms with Crippen LogP contribution in [0.15, 0.2) is 34.7 Å². The molecule has 136 valence electrons. The van der Waals surface area contributed by atoms with Gasteiger partial charge in [-0.2, -0.15) is 0 Å². The molecule has 0 radical (unpaired) electrons. The molecule has 0 saturated carbocycles. The SMILES string of the molecule is NS(=O)(=O)c1cnc(NCc2ccccc2CN2CCCCCC2)s1. The number of primary sulfonamides is 1. The Kier molecular flexibility index (Phi) is 6.06. The lowest BCUT2D eigenvalue weighted by molar-refractivity contribution is 0.276. The van der Waals surface area contributed by atoms with Crippen LogP contribution < -0.4 is 10.5 Å². The molecular formula is C17H24N4O2S2. The predicted molar refractivity (Wildman–Crippen MR) is 101 cm³/mol. The number of hydrogen-bond donors (Lipinski definition) is 2. The van der Waals surface area contributed by atoms with E-state index in [1.807, 2.05) is 6.07 Å². The van der Waals surface area contributed by atoms with Crippen LogP contribution in [0.5, 0.6) is 0 Å². The first-order valence-electron chi connectivity index (χ1n) is 8.54. The van der Waals surface area contributed by atoms with E-state index in [0.717, 1.165) is 31.0 Å². The van der Waals surface area contributed by atoms with Gasteiger partial charge in [-0.05, 0) is 37.1 Å². The molecule has 0 atom stereocenters. The van der Waals surface area contributed by atoms with Gasteiger partial charge in [0.15, 0.2) is 9.34 Å². The van der Waals surface area contributed by atoms with Gasteiger partial charge in [0.2, 0.25) is 10.0 Å². The van der Waals surface area contributed by atoms with Gasteiger partial charge in [-0.1, -0.05) is 48.4 Å². The summed E-state index contributed by atoms with van der Waals surface area (Å²) >= 11 is 1.06. The first kappa shape index (κ1) is 18.3. The lowest BCUT2D eigenvalue weighted by atomic mass is 10.1. The maximum atomic E-state index is 11.3. The van der Waals surface area contributed by atoms with Gasteiger partial charge in [-0.3, -0.25) is 4.90 Å². The Morgan fingerprint density at radius 1 is 1.12 bits per heavy atom. The minimum atomic E-state index is -3.69. The molecule has 3 N–H and O–H groups in total. The van der Waals surface area contributed by atoms with E-state index in [-0.39, 0.29) is 4.21 Å². The summed E-state index contributed by atoms with van der Waals surface area (Å²) in [6.07, 6.45) is 6.50. The normalized spacial score (nSPS) is 16.5.